The van der Waals surface area contributed by atoms with E-state index in [2.05, 4.69) is 25.3 Å². The second-order valence-electron chi connectivity index (χ2n) is 9.30. The van der Waals surface area contributed by atoms with Crippen molar-refractivity contribution in [1.29, 1.82) is 0 Å². The van der Waals surface area contributed by atoms with Crippen LogP contribution in [0.25, 0.3) is 0 Å². The molecule has 0 spiro atoms. The Morgan fingerprint density at radius 1 is 1.11 bits per heavy atom. The van der Waals surface area contributed by atoms with Crippen LogP contribution in [-0.4, -0.2) is 47.0 Å². The molecule has 0 N–H and O–H groups in total. The van der Waals surface area contributed by atoms with Crippen molar-refractivity contribution < 1.29 is 9.59 Å². The van der Waals surface area contributed by atoms with E-state index < -0.39 is 0 Å². The number of thioether (sulfide) groups is 1. The first-order chi connectivity index (χ1) is 17.3. The predicted octanol–water partition coefficient (Wildman–Crippen LogP) is 7.20. The number of thiophene rings is 1. The average Bonchev–Trinajstić information content (AvgIpc) is 3.34. The summed E-state index contributed by atoms with van der Waals surface area (Å²) in [6.07, 6.45) is 1.64. The van der Waals surface area contributed by atoms with Crippen LogP contribution in [0.15, 0.2) is 64.9 Å². The number of hydrogen-bond donors (Lipinski definition) is 0. The highest BCUT2D eigenvalue weighted by Crippen LogP contribution is 2.41. The molecule has 0 radical (unpaired) electrons. The van der Waals surface area contributed by atoms with Crippen LogP contribution < -0.4 is 0 Å². The molecule has 8 heteroatoms. The van der Waals surface area contributed by atoms with Gasteiger partial charge in [0.2, 0.25) is 11.8 Å². The maximum atomic E-state index is 13.8. The van der Waals surface area contributed by atoms with E-state index >= 15 is 0 Å². The van der Waals surface area contributed by atoms with E-state index in [4.69, 9.17) is 23.2 Å². The van der Waals surface area contributed by atoms with Crippen molar-refractivity contribution in [1.82, 2.24) is 9.80 Å². The van der Waals surface area contributed by atoms with E-state index in [1.165, 1.54) is 16.6 Å². The van der Waals surface area contributed by atoms with Crippen molar-refractivity contribution in [3.8, 4) is 0 Å². The fourth-order valence-corrected chi connectivity index (χ4v) is 6.59. The Morgan fingerprint density at radius 2 is 1.89 bits per heavy atom. The Balaban J connectivity index is 1.55. The molecule has 2 heterocycles. The number of amides is 2. The summed E-state index contributed by atoms with van der Waals surface area (Å²) in [5, 5.41) is 3.16. The van der Waals surface area contributed by atoms with E-state index in [1.54, 1.807) is 22.3 Å². The van der Waals surface area contributed by atoms with Crippen molar-refractivity contribution in [2.24, 2.45) is 5.92 Å². The third kappa shape index (κ3) is 6.65. The summed E-state index contributed by atoms with van der Waals surface area (Å²) in [5.74, 6) is 0.647. The van der Waals surface area contributed by atoms with E-state index in [9.17, 15) is 9.59 Å². The fraction of sp³-hybridized carbons (Fsp3) is 0.357. The average molecular weight is 562 g/mol. The molecule has 190 valence electrons. The molecule has 0 saturated carbocycles. The number of carbonyl (C=O) groups excluding carboxylic acids is 2. The first kappa shape index (κ1) is 27.1. The van der Waals surface area contributed by atoms with Crippen LogP contribution in [0, 0.1) is 5.92 Å². The third-order valence-corrected chi connectivity index (χ3v) is 8.86. The van der Waals surface area contributed by atoms with Gasteiger partial charge in [-0.25, -0.2) is 0 Å². The van der Waals surface area contributed by atoms with Crippen molar-refractivity contribution in [2.45, 2.75) is 37.6 Å². The number of halogens is 2. The smallest absolute Gasteiger partial charge is 0.242 e. The lowest BCUT2D eigenvalue weighted by molar-refractivity contribution is -0.140. The Hall–Kier alpha value is -1.99. The highest BCUT2D eigenvalue weighted by molar-refractivity contribution is 8.00. The molecular formula is C28H30Cl2N2O2S2. The molecule has 1 aliphatic rings. The topological polar surface area (TPSA) is 40.6 Å². The first-order valence-corrected chi connectivity index (χ1v) is 14.7. The second kappa shape index (κ2) is 12.5. The van der Waals surface area contributed by atoms with Crippen LogP contribution in [-0.2, 0) is 16.0 Å². The van der Waals surface area contributed by atoms with Gasteiger partial charge < -0.3 is 9.80 Å². The molecule has 0 fully saturated rings. The zero-order chi connectivity index (χ0) is 25.7. The van der Waals surface area contributed by atoms with Gasteiger partial charge in [0.1, 0.15) is 0 Å². The summed E-state index contributed by atoms with van der Waals surface area (Å²) < 4.78 is 0. The van der Waals surface area contributed by atoms with E-state index in [0.717, 1.165) is 28.9 Å². The number of nitrogens with zero attached hydrogens (tertiary/aromatic N) is 2. The minimum atomic E-state index is -0.294. The standard InChI is InChI=1S/C28H30Cl2N2O2S2/c1-19(2)10-13-31(27(34)18-36-21-6-4-3-5-7-21)17-26(33)32-14-11-25-23(12-15-35-25)28(32)22-9-8-20(29)16-24(22)30/h3-9,12,15-16,19,28H,10-11,13-14,17-18H2,1-2H3. The fourth-order valence-electron chi connectivity index (χ4n) is 4.36. The van der Waals surface area contributed by atoms with Gasteiger partial charge in [-0.3, -0.25) is 9.59 Å². The van der Waals surface area contributed by atoms with Gasteiger partial charge in [0.25, 0.3) is 0 Å². The lowest BCUT2D eigenvalue weighted by Crippen LogP contribution is -2.47. The summed E-state index contributed by atoms with van der Waals surface area (Å²) in [5.41, 5.74) is 1.96. The van der Waals surface area contributed by atoms with Gasteiger partial charge in [-0.15, -0.1) is 23.1 Å². The quantitative estimate of drug-likeness (QED) is 0.260. The predicted molar refractivity (Wildman–Crippen MR) is 151 cm³/mol. The van der Waals surface area contributed by atoms with Gasteiger partial charge >= 0.3 is 0 Å². The number of fused-ring (bicyclic) bond motifs is 1. The van der Waals surface area contributed by atoms with Gasteiger partial charge in [-0.1, -0.05) is 61.3 Å². The molecule has 1 aromatic heterocycles. The molecule has 3 aromatic rings. The zero-order valence-corrected chi connectivity index (χ0v) is 23.6. The maximum Gasteiger partial charge on any atom is 0.242 e. The maximum absolute atomic E-state index is 13.8. The van der Waals surface area contributed by atoms with Gasteiger partial charge in [0, 0.05) is 32.9 Å². The SMILES string of the molecule is CC(C)CCN(CC(=O)N1CCc2sccc2C1c1ccc(Cl)cc1Cl)C(=O)CSc1ccccc1. The van der Waals surface area contributed by atoms with Crippen LogP contribution in [0.1, 0.15) is 42.3 Å². The Labute approximate surface area is 231 Å². The molecule has 1 aliphatic heterocycles. The zero-order valence-electron chi connectivity index (χ0n) is 20.5. The van der Waals surface area contributed by atoms with E-state index in [1.807, 2.05) is 47.4 Å². The molecule has 36 heavy (non-hydrogen) atoms. The highest BCUT2D eigenvalue weighted by Gasteiger charge is 2.35. The van der Waals surface area contributed by atoms with Crippen LogP contribution >= 0.6 is 46.3 Å². The molecule has 4 rings (SSSR count). The van der Waals surface area contributed by atoms with E-state index in [-0.39, 0.29) is 24.4 Å². The molecule has 4 nitrogen and oxygen atoms in total. The number of carbonyl (C=O) groups is 2. The second-order valence-corrected chi connectivity index (χ2v) is 12.2. The summed E-state index contributed by atoms with van der Waals surface area (Å²) in [7, 11) is 0. The van der Waals surface area contributed by atoms with Crippen molar-refractivity contribution in [3.05, 3.63) is 86.0 Å². The van der Waals surface area contributed by atoms with Crippen LogP contribution in [0.3, 0.4) is 0 Å². The van der Waals surface area contributed by atoms with Gasteiger partial charge in [-0.2, -0.15) is 0 Å². The van der Waals surface area contributed by atoms with Crippen LogP contribution in [0.2, 0.25) is 10.0 Å². The lowest BCUT2D eigenvalue weighted by atomic mass is 9.93. The summed E-state index contributed by atoms with van der Waals surface area (Å²) in [6, 6.07) is 17.1. The molecule has 2 amide bonds. The number of hydrogen-bond acceptors (Lipinski definition) is 4. The van der Waals surface area contributed by atoms with Gasteiger partial charge in [0.05, 0.1) is 18.3 Å². The molecule has 1 unspecified atom stereocenters. The molecule has 0 bridgehead atoms. The van der Waals surface area contributed by atoms with Crippen molar-refractivity contribution >= 4 is 58.1 Å². The largest absolute Gasteiger partial charge is 0.333 e. The lowest BCUT2D eigenvalue weighted by Gasteiger charge is -2.38. The Kier molecular flexibility index (Phi) is 9.40. The summed E-state index contributed by atoms with van der Waals surface area (Å²) >= 11 is 16.0. The van der Waals surface area contributed by atoms with Gasteiger partial charge in [0.15, 0.2) is 0 Å². The summed E-state index contributed by atoms with van der Waals surface area (Å²) in [6.45, 7) is 5.46. The summed E-state index contributed by atoms with van der Waals surface area (Å²) in [4.78, 5) is 32.9. The Bertz CT molecular complexity index is 1200. The first-order valence-electron chi connectivity index (χ1n) is 12.1. The molecule has 0 saturated heterocycles. The molecular weight excluding hydrogens is 531 g/mol. The minimum Gasteiger partial charge on any atom is -0.333 e. The molecule has 0 aliphatic carbocycles. The number of benzene rings is 2. The Morgan fingerprint density at radius 3 is 2.61 bits per heavy atom. The van der Waals surface area contributed by atoms with Crippen molar-refractivity contribution in [2.75, 3.05) is 25.4 Å². The number of rotatable bonds is 9. The highest BCUT2D eigenvalue weighted by atomic mass is 35.5. The minimum absolute atomic E-state index is 0.0211. The molecule has 2 aromatic carbocycles. The molecule has 1 atom stereocenters. The monoisotopic (exact) mass is 560 g/mol. The third-order valence-electron chi connectivity index (χ3n) is 6.30. The van der Waals surface area contributed by atoms with Crippen LogP contribution in [0.4, 0.5) is 0 Å². The van der Waals surface area contributed by atoms with E-state index in [0.29, 0.717) is 34.8 Å². The normalized spacial score (nSPS) is 15.1. The van der Waals surface area contributed by atoms with Crippen molar-refractivity contribution in [3.63, 3.8) is 0 Å². The van der Waals surface area contributed by atoms with Crippen LogP contribution in [0.5, 0.6) is 0 Å². The van der Waals surface area contributed by atoms with Gasteiger partial charge in [-0.05, 0) is 65.6 Å².